The summed E-state index contributed by atoms with van der Waals surface area (Å²) in [6.45, 7) is 9.91. The summed E-state index contributed by atoms with van der Waals surface area (Å²) in [6.07, 6.45) is 6.27. The molecule has 0 aliphatic carbocycles. The normalized spacial score (nSPS) is 23.4. The van der Waals surface area contributed by atoms with Crippen LogP contribution in [0.2, 0.25) is 0 Å². The molecular weight excluding hydrogens is 370 g/mol. The predicted molar refractivity (Wildman–Crippen MR) is 114 cm³/mol. The molecule has 4 rings (SSSR count). The van der Waals surface area contributed by atoms with Crippen molar-refractivity contribution in [3.05, 3.63) is 54.1 Å². The Kier molecular flexibility index (Phi) is 5.94. The van der Waals surface area contributed by atoms with E-state index in [0.29, 0.717) is 6.04 Å². The number of ether oxygens (including phenoxy) is 1. The number of rotatable bonds is 6. The molecule has 28 heavy (non-hydrogen) atoms. The van der Waals surface area contributed by atoms with E-state index in [1.54, 1.807) is 0 Å². The lowest BCUT2D eigenvalue weighted by atomic mass is 9.99. The van der Waals surface area contributed by atoms with Gasteiger partial charge in [0.05, 0.1) is 31.0 Å². The van der Waals surface area contributed by atoms with Crippen molar-refractivity contribution in [2.24, 2.45) is 0 Å². The highest BCUT2D eigenvalue weighted by atomic mass is 32.1. The highest BCUT2D eigenvalue weighted by Crippen LogP contribution is 2.38. The molecule has 2 aromatic rings. The van der Waals surface area contributed by atoms with Crippen molar-refractivity contribution < 1.29 is 4.74 Å². The average Bonchev–Trinajstić information content (AvgIpc) is 3.32. The van der Waals surface area contributed by atoms with Crippen LogP contribution in [0.4, 0.5) is 0 Å². The number of morpholine rings is 1. The van der Waals surface area contributed by atoms with Crippen molar-refractivity contribution in [2.45, 2.75) is 32.0 Å². The summed E-state index contributed by atoms with van der Waals surface area (Å²) in [7, 11) is 0. The summed E-state index contributed by atoms with van der Waals surface area (Å²) in [5.74, 6) is 0. The molecule has 2 aromatic heterocycles. The number of nitrogens with one attached hydrogen (secondary N) is 1. The highest BCUT2D eigenvalue weighted by molar-refractivity contribution is 7.80. The zero-order valence-corrected chi connectivity index (χ0v) is 17.4. The van der Waals surface area contributed by atoms with Gasteiger partial charge in [0, 0.05) is 50.8 Å². The Hall–Kier alpha value is -1.96. The van der Waals surface area contributed by atoms with E-state index < -0.39 is 0 Å². The number of nitrogens with zero attached hydrogens (tertiary/aromatic N) is 4. The average molecular weight is 400 g/mol. The largest absolute Gasteiger partial charge is 0.379 e. The molecule has 7 heteroatoms. The second kappa shape index (κ2) is 8.59. The van der Waals surface area contributed by atoms with E-state index in [1.165, 1.54) is 5.56 Å². The van der Waals surface area contributed by atoms with E-state index in [2.05, 4.69) is 63.0 Å². The standard InChI is InChI=1S/C21H29N5OS/c1-16(2)25-8-6-17(15-25)20-19(18-5-3-4-7-22-18)23-21(28)26(20)10-9-24-11-13-27-14-12-24/h3-8,15-16,19-20H,9-14H2,1-2H3,(H,23,28)/t19-,20+/m1/s1. The molecule has 0 spiro atoms. The second-order valence-corrected chi connectivity index (χ2v) is 8.15. The third kappa shape index (κ3) is 4.06. The van der Waals surface area contributed by atoms with Gasteiger partial charge in [0.15, 0.2) is 5.11 Å². The molecule has 0 amide bonds. The lowest BCUT2D eigenvalue weighted by molar-refractivity contribution is 0.0350. The first-order valence-corrected chi connectivity index (χ1v) is 10.5. The molecule has 0 bridgehead atoms. The minimum absolute atomic E-state index is 0.0569. The quantitative estimate of drug-likeness (QED) is 0.754. The van der Waals surface area contributed by atoms with Crippen molar-refractivity contribution in [2.75, 3.05) is 39.4 Å². The molecule has 0 aromatic carbocycles. The summed E-state index contributed by atoms with van der Waals surface area (Å²) in [5, 5.41) is 4.35. The van der Waals surface area contributed by atoms with E-state index in [1.807, 2.05) is 18.3 Å². The molecule has 0 radical (unpaired) electrons. The smallest absolute Gasteiger partial charge is 0.170 e. The van der Waals surface area contributed by atoms with Crippen molar-refractivity contribution in [1.29, 1.82) is 0 Å². The number of aromatic nitrogens is 2. The highest BCUT2D eigenvalue weighted by Gasteiger charge is 2.40. The summed E-state index contributed by atoms with van der Waals surface area (Å²) >= 11 is 5.76. The number of pyridine rings is 1. The van der Waals surface area contributed by atoms with Gasteiger partial charge in [0.2, 0.25) is 0 Å². The molecule has 0 saturated carbocycles. The molecule has 2 fully saturated rings. The molecule has 2 atom stereocenters. The van der Waals surface area contributed by atoms with Crippen LogP contribution in [-0.4, -0.2) is 63.9 Å². The van der Waals surface area contributed by atoms with Gasteiger partial charge in [-0.15, -0.1) is 0 Å². The fraction of sp³-hybridized carbons (Fsp3) is 0.524. The van der Waals surface area contributed by atoms with Crippen LogP contribution in [-0.2, 0) is 4.74 Å². The molecule has 0 unspecified atom stereocenters. The van der Waals surface area contributed by atoms with E-state index in [-0.39, 0.29) is 12.1 Å². The van der Waals surface area contributed by atoms with Crippen LogP contribution in [0.1, 0.15) is 43.2 Å². The maximum absolute atomic E-state index is 5.76. The number of thiocarbonyl (C=S) groups is 1. The first-order valence-electron chi connectivity index (χ1n) is 10.1. The maximum atomic E-state index is 5.76. The van der Waals surface area contributed by atoms with Gasteiger partial charge >= 0.3 is 0 Å². The zero-order valence-electron chi connectivity index (χ0n) is 16.6. The van der Waals surface area contributed by atoms with Crippen LogP contribution in [0.15, 0.2) is 42.9 Å². The van der Waals surface area contributed by atoms with Crippen LogP contribution in [0.25, 0.3) is 0 Å². The third-order valence-corrected chi connectivity index (χ3v) is 5.99. The molecule has 2 saturated heterocycles. The summed E-state index contributed by atoms with van der Waals surface area (Å²) < 4.78 is 7.73. The third-order valence-electron chi connectivity index (χ3n) is 5.63. The van der Waals surface area contributed by atoms with Crippen LogP contribution in [0, 0.1) is 0 Å². The lowest BCUT2D eigenvalue weighted by Gasteiger charge is -2.32. The van der Waals surface area contributed by atoms with Crippen molar-refractivity contribution in [3.8, 4) is 0 Å². The molecule has 150 valence electrons. The molecule has 2 aliphatic heterocycles. The fourth-order valence-corrected chi connectivity index (χ4v) is 4.34. The first kappa shape index (κ1) is 19.4. The Morgan fingerprint density at radius 2 is 2.04 bits per heavy atom. The topological polar surface area (TPSA) is 45.6 Å². The number of hydrogen-bond acceptors (Lipinski definition) is 4. The first-order chi connectivity index (χ1) is 13.6. The lowest BCUT2D eigenvalue weighted by Crippen LogP contribution is -2.42. The molecule has 2 aliphatic rings. The second-order valence-electron chi connectivity index (χ2n) is 7.76. The maximum Gasteiger partial charge on any atom is 0.170 e. The van der Waals surface area contributed by atoms with Gasteiger partial charge in [-0.2, -0.15) is 0 Å². The van der Waals surface area contributed by atoms with Crippen LogP contribution < -0.4 is 5.32 Å². The van der Waals surface area contributed by atoms with Gasteiger partial charge in [-0.1, -0.05) is 6.07 Å². The minimum atomic E-state index is 0.0569. The van der Waals surface area contributed by atoms with E-state index in [4.69, 9.17) is 17.0 Å². The predicted octanol–water partition coefficient (Wildman–Crippen LogP) is 2.77. The molecule has 6 nitrogen and oxygen atoms in total. The Bertz CT molecular complexity index is 787. The SMILES string of the molecule is CC(C)n1ccc([C@H]2[C@@H](c3ccccn3)NC(=S)N2CCN2CCOCC2)c1. The van der Waals surface area contributed by atoms with Gasteiger partial charge in [-0.25, -0.2) is 0 Å². The van der Waals surface area contributed by atoms with Gasteiger partial charge in [-0.05, 0) is 49.8 Å². The Balaban J connectivity index is 1.59. The van der Waals surface area contributed by atoms with Gasteiger partial charge < -0.3 is 19.5 Å². The van der Waals surface area contributed by atoms with E-state index in [0.717, 1.165) is 50.2 Å². The van der Waals surface area contributed by atoms with Gasteiger partial charge in [-0.3, -0.25) is 9.88 Å². The minimum Gasteiger partial charge on any atom is -0.379 e. The summed E-state index contributed by atoms with van der Waals surface area (Å²) in [6, 6.07) is 8.93. The monoisotopic (exact) mass is 399 g/mol. The number of hydrogen-bond donors (Lipinski definition) is 1. The van der Waals surface area contributed by atoms with Crippen molar-refractivity contribution in [1.82, 2.24) is 24.7 Å². The summed E-state index contributed by atoms with van der Waals surface area (Å²) in [4.78, 5) is 9.41. The molecular formula is C21H29N5OS. The van der Waals surface area contributed by atoms with Gasteiger partial charge in [0.25, 0.3) is 0 Å². The molecule has 1 N–H and O–H groups in total. The molecule has 4 heterocycles. The summed E-state index contributed by atoms with van der Waals surface area (Å²) in [5.41, 5.74) is 2.31. The van der Waals surface area contributed by atoms with E-state index in [9.17, 15) is 0 Å². The van der Waals surface area contributed by atoms with Crippen LogP contribution in [0.5, 0.6) is 0 Å². The Morgan fingerprint density at radius 1 is 1.21 bits per heavy atom. The van der Waals surface area contributed by atoms with Gasteiger partial charge in [0.1, 0.15) is 0 Å². The Labute approximate surface area is 172 Å². The van der Waals surface area contributed by atoms with E-state index >= 15 is 0 Å². The van der Waals surface area contributed by atoms with Crippen LogP contribution in [0.3, 0.4) is 0 Å². The van der Waals surface area contributed by atoms with Crippen molar-refractivity contribution in [3.63, 3.8) is 0 Å². The Morgan fingerprint density at radius 3 is 2.71 bits per heavy atom. The zero-order chi connectivity index (χ0) is 19.5. The van der Waals surface area contributed by atoms with Crippen molar-refractivity contribution >= 4 is 17.3 Å². The fourth-order valence-electron chi connectivity index (χ4n) is 4.01. The van der Waals surface area contributed by atoms with Crippen LogP contribution >= 0.6 is 12.2 Å².